The van der Waals surface area contributed by atoms with Gasteiger partial charge in [-0.1, -0.05) is 0 Å². The standard InChI is InChI=1S/C14H24N4O2/c1-14(2,3)20-13(19)18-5-4-11(9-18)6-15-7-12-8-16-10-17-12/h8,10-11,15H,4-7,9H2,1-3H3,(H,16,17). The van der Waals surface area contributed by atoms with Gasteiger partial charge in [0.05, 0.1) is 6.33 Å². The second kappa shape index (κ2) is 6.26. The van der Waals surface area contributed by atoms with Crippen LogP contribution in [0.15, 0.2) is 12.5 Å². The molecule has 2 rings (SSSR count). The zero-order valence-electron chi connectivity index (χ0n) is 12.5. The summed E-state index contributed by atoms with van der Waals surface area (Å²) in [6.45, 7) is 8.91. The number of imidazole rings is 1. The number of likely N-dealkylation sites (tertiary alicyclic amines) is 1. The van der Waals surface area contributed by atoms with Crippen LogP contribution >= 0.6 is 0 Å². The molecule has 1 aliphatic heterocycles. The third-order valence-corrected chi connectivity index (χ3v) is 3.24. The lowest BCUT2D eigenvalue weighted by Crippen LogP contribution is -2.36. The van der Waals surface area contributed by atoms with Crippen LogP contribution in [-0.4, -0.2) is 46.2 Å². The second-order valence-electron chi connectivity index (χ2n) is 6.29. The van der Waals surface area contributed by atoms with E-state index >= 15 is 0 Å². The summed E-state index contributed by atoms with van der Waals surface area (Å²) in [6, 6.07) is 0. The van der Waals surface area contributed by atoms with Crippen molar-refractivity contribution in [2.45, 2.75) is 39.3 Å². The van der Waals surface area contributed by atoms with Crippen LogP contribution in [0.1, 0.15) is 32.9 Å². The Hall–Kier alpha value is -1.56. The predicted molar refractivity (Wildman–Crippen MR) is 76.2 cm³/mol. The van der Waals surface area contributed by atoms with Gasteiger partial charge in [0, 0.05) is 38.1 Å². The first-order valence-electron chi connectivity index (χ1n) is 7.10. The van der Waals surface area contributed by atoms with Crippen LogP contribution in [0.4, 0.5) is 4.79 Å². The van der Waals surface area contributed by atoms with Gasteiger partial charge in [0.1, 0.15) is 5.60 Å². The van der Waals surface area contributed by atoms with Crippen LogP contribution in [0.5, 0.6) is 0 Å². The molecule has 0 spiro atoms. The van der Waals surface area contributed by atoms with Gasteiger partial charge in [-0.2, -0.15) is 0 Å². The van der Waals surface area contributed by atoms with Crippen molar-refractivity contribution < 1.29 is 9.53 Å². The molecule has 0 bridgehead atoms. The Bertz CT molecular complexity index is 425. The van der Waals surface area contributed by atoms with E-state index in [9.17, 15) is 4.79 Å². The molecule has 1 aliphatic rings. The van der Waals surface area contributed by atoms with E-state index < -0.39 is 5.60 Å². The molecule has 0 saturated carbocycles. The molecule has 2 heterocycles. The lowest BCUT2D eigenvalue weighted by atomic mass is 10.1. The van der Waals surface area contributed by atoms with E-state index in [4.69, 9.17) is 4.74 Å². The molecule has 0 aromatic carbocycles. The Balaban J connectivity index is 1.68. The lowest BCUT2D eigenvalue weighted by Gasteiger charge is -2.24. The van der Waals surface area contributed by atoms with Gasteiger partial charge in [-0.05, 0) is 33.1 Å². The highest BCUT2D eigenvalue weighted by molar-refractivity contribution is 5.68. The first kappa shape index (κ1) is 14.8. The maximum absolute atomic E-state index is 11.9. The predicted octanol–water partition coefficient (Wildman–Crippen LogP) is 1.76. The molecule has 1 saturated heterocycles. The minimum atomic E-state index is -0.423. The van der Waals surface area contributed by atoms with Crippen LogP contribution in [0.2, 0.25) is 0 Å². The van der Waals surface area contributed by atoms with Crippen molar-refractivity contribution in [3.8, 4) is 0 Å². The SMILES string of the molecule is CC(C)(C)OC(=O)N1CCC(CNCc2cnc[nH]2)C1. The summed E-state index contributed by atoms with van der Waals surface area (Å²) in [5.74, 6) is 0.491. The fourth-order valence-electron chi connectivity index (χ4n) is 2.28. The van der Waals surface area contributed by atoms with Crippen LogP contribution < -0.4 is 5.32 Å². The average molecular weight is 280 g/mol. The van der Waals surface area contributed by atoms with Crippen LogP contribution in [-0.2, 0) is 11.3 Å². The van der Waals surface area contributed by atoms with E-state index in [0.29, 0.717) is 5.92 Å². The zero-order valence-corrected chi connectivity index (χ0v) is 12.5. The van der Waals surface area contributed by atoms with Gasteiger partial charge in [0.15, 0.2) is 0 Å². The van der Waals surface area contributed by atoms with Gasteiger partial charge in [0.2, 0.25) is 0 Å². The molecule has 1 amide bonds. The molecule has 2 N–H and O–H groups in total. The van der Waals surface area contributed by atoms with Crippen molar-refractivity contribution in [1.29, 1.82) is 0 Å². The highest BCUT2D eigenvalue weighted by Gasteiger charge is 2.29. The molecule has 0 radical (unpaired) electrons. The molecule has 6 heteroatoms. The maximum Gasteiger partial charge on any atom is 0.410 e. The summed E-state index contributed by atoms with van der Waals surface area (Å²) >= 11 is 0. The van der Waals surface area contributed by atoms with E-state index in [-0.39, 0.29) is 6.09 Å². The first-order chi connectivity index (χ1) is 9.44. The minimum absolute atomic E-state index is 0.200. The van der Waals surface area contributed by atoms with Gasteiger partial charge in [-0.3, -0.25) is 0 Å². The van der Waals surface area contributed by atoms with Crippen molar-refractivity contribution in [2.75, 3.05) is 19.6 Å². The van der Waals surface area contributed by atoms with Gasteiger partial charge in [0.25, 0.3) is 0 Å². The van der Waals surface area contributed by atoms with Gasteiger partial charge < -0.3 is 19.9 Å². The summed E-state index contributed by atoms with van der Waals surface area (Å²) in [4.78, 5) is 20.8. The smallest absolute Gasteiger partial charge is 0.410 e. The molecule has 0 aliphatic carbocycles. The molecule has 112 valence electrons. The van der Waals surface area contributed by atoms with Crippen molar-refractivity contribution in [1.82, 2.24) is 20.2 Å². The third kappa shape index (κ3) is 4.52. The summed E-state index contributed by atoms with van der Waals surface area (Å²) in [7, 11) is 0. The Morgan fingerprint density at radius 1 is 1.60 bits per heavy atom. The monoisotopic (exact) mass is 280 g/mol. The van der Waals surface area contributed by atoms with E-state index in [2.05, 4.69) is 15.3 Å². The molecular formula is C14H24N4O2. The van der Waals surface area contributed by atoms with E-state index in [1.54, 1.807) is 11.2 Å². The van der Waals surface area contributed by atoms with Gasteiger partial charge >= 0.3 is 6.09 Å². The van der Waals surface area contributed by atoms with Crippen molar-refractivity contribution in [2.24, 2.45) is 5.92 Å². The number of carbonyl (C=O) groups excluding carboxylic acids is 1. The Morgan fingerprint density at radius 2 is 2.40 bits per heavy atom. The molecular weight excluding hydrogens is 256 g/mol. The Labute approximate surface area is 119 Å². The molecule has 1 aromatic heterocycles. The number of aromatic amines is 1. The summed E-state index contributed by atoms with van der Waals surface area (Å²) in [5.41, 5.74) is 0.653. The third-order valence-electron chi connectivity index (χ3n) is 3.24. The molecule has 1 fully saturated rings. The molecule has 1 atom stereocenters. The Morgan fingerprint density at radius 3 is 3.05 bits per heavy atom. The van der Waals surface area contributed by atoms with Gasteiger partial charge in [-0.15, -0.1) is 0 Å². The topological polar surface area (TPSA) is 70.2 Å². The number of aromatic nitrogens is 2. The number of hydrogen-bond acceptors (Lipinski definition) is 4. The fraction of sp³-hybridized carbons (Fsp3) is 0.714. The second-order valence-corrected chi connectivity index (χ2v) is 6.29. The van der Waals surface area contributed by atoms with Crippen LogP contribution in [0, 0.1) is 5.92 Å². The van der Waals surface area contributed by atoms with Crippen molar-refractivity contribution >= 4 is 6.09 Å². The number of rotatable bonds is 4. The average Bonchev–Trinajstić information content (AvgIpc) is 2.97. The summed E-state index contributed by atoms with van der Waals surface area (Å²) in [6.07, 6.45) is 4.31. The maximum atomic E-state index is 11.9. The quantitative estimate of drug-likeness (QED) is 0.881. The number of amides is 1. The number of ether oxygens (including phenoxy) is 1. The molecule has 6 nitrogen and oxygen atoms in total. The fourth-order valence-corrected chi connectivity index (χ4v) is 2.28. The highest BCUT2D eigenvalue weighted by atomic mass is 16.6. The van der Waals surface area contributed by atoms with Crippen LogP contribution in [0.25, 0.3) is 0 Å². The zero-order chi connectivity index (χ0) is 14.6. The molecule has 1 aromatic rings. The van der Waals surface area contributed by atoms with Crippen molar-refractivity contribution in [3.05, 3.63) is 18.2 Å². The normalized spacial score (nSPS) is 19.4. The Kier molecular flexibility index (Phi) is 4.65. The number of carbonyl (C=O) groups is 1. The first-order valence-corrected chi connectivity index (χ1v) is 7.10. The van der Waals surface area contributed by atoms with E-state index in [1.165, 1.54) is 0 Å². The van der Waals surface area contributed by atoms with Gasteiger partial charge in [-0.25, -0.2) is 9.78 Å². The number of nitrogens with one attached hydrogen (secondary N) is 2. The molecule has 1 unspecified atom stereocenters. The van der Waals surface area contributed by atoms with E-state index in [0.717, 1.165) is 38.3 Å². The largest absolute Gasteiger partial charge is 0.444 e. The minimum Gasteiger partial charge on any atom is -0.444 e. The highest BCUT2D eigenvalue weighted by Crippen LogP contribution is 2.18. The van der Waals surface area contributed by atoms with Crippen molar-refractivity contribution in [3.63, 3.8) is 0 Å². The number of nitrogens with zero attached hydrogens (tertiary/aromatic N) is 2. The number of H-pyrrole nitrogens is 1. The van der Waals surface area contributed by atoms with E-state index in [1.807, 2.05) is 27.0 Å². The number of hydrogen-bond donors (Lipinski definition) is 2. The summed E-state index contributed by atoms with van der Waals surface area (Å²) in [5, 5.41) is 3.39. The summed E-state index contributed by atoms with van der Waals surface area (Å²) < 4.78 is 5.39. The van der Waals surface area contributed by atoms with Crippen LogP contribution in [0.3, 0.4) is 0 Å². The molecule has 20 heavy (non-hydrogen) atoms. The lowest BCUT2D eigenvalue weighted by molar-refractivity contribution is 0.0288.